The molecule has 0 aliphatic carbocycles. The van der Waals surface area contributed by atoms with Gasteiger partial charge < -0.3 is 5.11 Å². The summed E-state index contributed by atoms with van der Waals surface area (Å²) in [6.07, 6.45) is 0.972. The van der Waals surface area contributed by atoms with E-state index >= 15 is 0 Å². The first-order valence-corrected chi connectivity index (χ1v) is 6.30. The van der Waals surface area contributed by atoms with Crippen molar-refractivity contribution in [3.05, 3.63) is 39.9 Å². The number of aromatic carboxylic acids is 1. The number of halogens is 1. The first-order chi connectivity index (χ1) is 8.11. The van der Waals surface area contributed by atoms with Crippen molar-refractivity contribution in [1.29, 1.82) is 0 Å². The standard InChI is InChI=1S/C12H10ClNO2S/c1-2-7-3-5-8(6-4-7)11-14-9(12(15)16)10(13)17-11/h3-6H,2H2,1H3,(H,15,16). The molecule has 0 fully saturated rings. The zero-order valence-corrected chi connectivity index (χ0v) is 10.7. The van der Waals surface area contributed by atoms with Gasteiger partial charge in [0.1, 0.15) is 9.34 Å². The predicted octanol–water partition coefficient (Wildman–Crippen LogP) is 3.72. The minimum absolute atomic E-state index is 0.0776. The number of benzene rings is 1. The molecule has 1 heterocycles. The lowest BCUT2D eigenvalue weighted by Gasteiger charge is -1.98. The van der Waals surface area contributed by atoms with Crippen LogP contribution in [0.5, 0.6) is 0 Å². The number of aromatic nitrogens is 1. The first kappa shape index (κ1) is 12.1. The zero-order chi connectivity index (χ0) is 12.4. The Morgan fingerprint density at radius 1 is 1.41 bits per heavy atom. The number of carboxylic acid groups (broad SMARTS) is 1. The van der Waals surface area contributed by atoms with Crippen molar-refractivity contribution in [3.63, 3.8) is 0 Å². The van der Waals surface area contributed by atoms with Crippen LogP contribution in [0.1, 0.15) is 23.0 Å². The monoisotopic (exact) mass is 267 g/mol. The Balaban J connectivity index is 2.39. The lowest BCUT2D eigenvalue weighted by atomic mass is 10.1. The molecule has 1 aromatic heterocycles. The summed E-state index contributed by atoms with van der Waals surface area (Å²) in [7, 11) is 0. The van der Waals surface area contributed by atoms with Gasteiger partial charge in [0.15, 0.2) is 5.69 Å². The number of thiazole rings is 1. The summed E-state index contributed by atoms with van der Waals surface area (Å²) in [5.74, 6) is -1.09. The highest BCUT2D eigenvalue weighted by Crippen LogP contribution is 2.31. The Morgan fingerprint density at radius 3 is 2.53 bits per heavy atom. The van der Waals surface area contributed by atoms with Crippen LogP contribution in [0.2, 0.25) is 4.34 Å². The topological polar surface area (TPSA) is 50.2 Å². The van der Waals surface area contributed by atoms with Gasteiger partial charge in [-0.3, -0.25) is 0 Å². The van der Waals surface area contributed by atoms with Crippen LogP contribution in [-0.4, -0.2) is 16.1 Å². The highest BCUT2D eigenvalue weighted by atomic mass is 35.5. The quantitative estimate of drug-likeness (QED) is 0.922. The summed E-state index contributed by atoms with van der Waals surface area (Å²) in [5.41, 5.74) is 2.04. The van der Waals surface area contributed by atoms with Crippen molar-refractivity contribution in [2.75, 3.05) is 0 Å². The maximum atomic E-state index is 10.8. The Hall–Kier alpha value is -1.39. The lowest BCUT2D eigenvalue weighted by Crippen LogP contribution is -1.96. The second-order valence-electron chi connectivity index (χ2n) is 3.50. The lowest BCUT2D eigenvalue weighted by molar-refractivity contribution is 0.0691. The van der Waals surface area contributed by atoms with E-state index in [9.17, 15) is 4.79 Å². The smallest absolute Gasteiger partial charge is 0.356 e. The summed E-state index contributed by atoms with van der Waals surface area (Å²) >= 11 is 7.01. The number of carboxylic acids is 1. The third-order valence-corrected chi connectivity index (χ3v) is 3.70. The second-order valence-corrected chi connectivity index (χ2v) is 5.10. The van der Waals surface area contributed by atoms with Crippen LogP contribution < -0.4 is 0 Å². The molecule has 0 saturated heterocycles. The molecule has 1 N–H and O–H groups in total. The van der Waals surface area contributed by atoms with Gasteiger partial charge >= 0.3 is 5.97 Å². The molecule has 3 nitrogen and oxygen atoms in total. The molecule has 0 aliphatic heterocycles. The summed E-state index contributed by atoms with van der Waals surface area (Å²) in [5, 5.41) is 9.50. The average molecular weight is 268 g/mol. The highest BCUT2D eigenvalue weighted by molar-refractivity contribution is 7.19. The van der Waals surface area contributed by atoms with Gasteiger partial charge in [-0.05, 0) is 12.0 Å². The Bertz CT molecular complexity index is 548. The summed E-state index contributed by atoms with van der Waals surface area (Å²) in [6.45, 7) is 2.08. The van der Waals surface area contributed by atoms with Gasteiger partial charge in [0.25, 0.3) is 0 Å². The number of aryl methyl sites for hydroxylation is 1. The number of hydrogen-bond donors (Lipinski definition) is 1. The van der Waals surface area contributed by atoms with E-state index in [0.717, 1.165) is 12.0 Å². The fraction of sp³-hybridized carbons (Fsp3) is 0.167. The number of rotatable bonds is 3. The van der Waals surface area contributed by atoms with E-state index in [4.69, 9.17) is 16.7 Å². The molecule has 0 radical (unpaired) electrons. The van der Waals surface area contributed by atoms with E-state index in [2.05, 4.69) is 11.9 Å². The molecule has 1 aromatic carbocycles. The molecule has 88 valence electrons. The molecular formula is C12H10ClNO2S. The van der Waals surface area contributed by atoms with Crippen LogP contribution in [0.3, 0.4) is 0 Å². The van der Waals surface area contributed by atoms with Gasteiger partial charge in [-0.2, -0.15) is 0 Å². The normalized spacial score (nSPS) is 10.5. The van der Waals surface area contributed by atoms with Crippen LogP contribution in [-0.2, 0) is 6.42 Å². The van der Waals surface area contributed by atoms with Crippen molar-refractivity contribution < 1.29 is 9.90 Å². The Morgan fingerprint density at radius 2 is 2.06 bits per heavy atom. The van der Waals surface area contributed by atoms with Crippen LogP contribution >= 0.6 is 22.9 Å². The summed E-state index contributed by atoms with van der Waals surface area (Å²) in [4.78, 5) is 14.8. The fourth-order valence-electron chi connectivity index (χ4n) is 1.44. The van der Waals surface area contributed by atoms with Crippen molar-refractivity contribution in [3.8, 4) is 10.6 Å². The number of carbonyl (C=O) groups is 1. The van der Waals surface area contributed by atoms with E-state index in [0.29, 0.717) is 5.01 Å². The average Bonchev–Trinajstić information content (AvgIpc) is 2.71. The second kappa shape index (κ2) is 4.85. The molecule has 0 bridgehead atoms. The summed E-state index contributed by atoms with van der Waals surface area (Å²) in [6, 6.07) is 7.87. The molecule has 2 aromatic rings. The molecule has 0 aliphatic rings. The molecule has 17 heavy (non-hydrogen) atoms. The van der Waals surface area contributed by atoms with Gasteiger partial charge in [-0.25, -0.2) is 9.78 Å². The highest BCUT2D eigenvalue weighted by Gasteiger charge is 2.16. The number of hydrogen-bond acceptors (Lipinski definition) is 3. The minimum atomic E-state index is -1.09. The Labute approximate surface area is 108 Å². The molecule has 0 saturated carbocycles. The van der Waals surface area contributed by atoms with E-state index < -0.39 is 5.97 Å². The van der Waals surface area contributed by atoms with Gasteiger partial charge in [0, 0.05) is 5.56 Å². The maximum absolute atomic E-state index is 10.8. The fourth-order valence-corrected chi connectivity index (χ4v) is 2.57. The Kier molecular flexibility index (Phi) is 3.45. The zero-order valence-electron chi connectivity index (χ0n) is 9.11. The number of nitrogens with zero attached hydrogens (tertiary/aromatic N) is 1. The van der Waals surface area contributed by atoms with Gasteiger partial charge in [0.2, 0.25) is 0 Å². The largest absolute Gasteiger partial charge is 0.476 e. The molecule has 0 spiro atoms. The molecule has 0 amide bonds. The van der Waals surface area contributed by atoms with Crippen molar-refractivity contribution in [2.24, 2.45) is 0 Å². The van der Waals surface area contributed by atoms with Crippen LogP contribution in [0.4, 0.5) is 0 Å². The third kappa shape index (κ3) is 2.48. The molecule has 0 atom stereocenters. The van der Waals surface area contributed by atoms with Crippen LogP contribution in [0.15, 0.2) is 24.3 Å². The van der Waals surface area contributed by atoms with Gasteiger partial charge in [-0.1, -0.05) is 42.8 Å². The van der Waals surface area contributed by atoms with Gasteiger partial charge in [0.05, 0.1) is 0 Å². The SMILES string of the molecule is CCc1ccc(-c2nc(C(=O)O)c(Cl)s2)cc1. The molecule has 5 heteroatoms. The van der Waals surface area contributed by atoms with Crippen LogP contribution in [0.25, 0.3) is 10.6 Å². The summed E-state index contributed by atoms with van der Waals surface area (Å²) < 4.78 is 0.215. The molecule has 0 unspecified atom stereocenters. The van der Waals surface area contributed by atoms with E-state index in [-0.39, 0.29) is 10.0 Å². The molecular weight excluding hydrogens is 258 g/mol. The predicted molar refractivity (Wildman–Crippen MR) is 68.9 cm³/mol. The van der Waals surface area contributed by atoms with Crippen molar-refractivity contribution >= 4 is 28.9 Å². The van der Waals surface area contributed by atoms with Crippen molar-refractivity contribution in [2.45, 2.75) is 13.3 Å². The van der Waals surface area contributed by atoms with Crippen molar-refractivity contribution in [1.82, 2.24) is 4.98 Å². The van der Waals surface area contributed by atoms with E-state index in [1.807, 2.05) is 24.3 Å². The van der Waals surface area contributed by atoms with E-state index in [1.54, 1.807) is 0 Å². The molecule has 2 rings (SSSR count). The van der Waals surface area contributed by atoms with Crippen LogP contribution in [0, 0.1) is 0 Å². The van der Waals surface area contributed by atoms with E-state index in [1.165, 1.54) is 16.9 Å². The third-order valence-electron chi connectivity index (χ3n) is 2.40. The van der Waals surface area contributed by atoms with Gasteiger partial charge in [-0.15, -0.1) is 11.3 Å². The maximum Gasteiger partial charge on any atom is 0.356 e. The first-order valence-electron chi connectivity index (χ1n) is 5.10. The minimum Gasteiger partial charge on any atom is -0.476 e.